The van der Waals surface area contributed by atoms with Crippen LogP contribution in [0.2, 0.25) is 0 Å². The van der Waals surface area contributed by atoms with Gasteiger partial charge in [0.1, 0.15) is 5.75 Å². The molecule has 0 aliphatic rings. The molecule has 3 aromatic rings. The SMILES string of the molecule is O=[N+]([O-])c1cc(C(F)(F)F)ccc1Oc1ccccc1CNc1ccccc1. The highest BCUT2D eigenvalue weighted by Gasteiger charge is 2.33. The number of alkyl halides is 3. The first-order chi connectivity index (χ1) is 13.3. The van der Waals surface area contributed by atoms with Crippen molar-refractivity contribution in [1.82, 2.24) is 0 Å². The standard InChI is InChI=1S/C20H15F3N2O3/c21-20(22,23)15-10-11-19(17(12-15)25(26)27)28-18-9-5-4-6-14(18)13-24-16-7-2-1-3-8-16/h1-12,24H,13H2. The second kappa shape index (κ2) is 7.99. The Bertz CT molecular complexity index is 976. The third-order valence-corrected chi connectivity index (χ3v) is 3.93. The van der Waals surface area contributed by atoms with Crippen LogP contribution in [0.15, 0.2) is 72.8 Å². The molecule has 144 valence electrons. The number of hydrogen-bond donors (Lipinski definition) is 1. The maximum Gasteiger partial charge on any atom is 0.416 e. The largest absolute Gasteiger partial charge is 0.450 e. The molecule has 0 spiro atoms. The van der Waals surface area contributed by atoms with E-state index in [9.17, 15) is 23.3 Å². The van der Waals surface area contributed by atoms with E-state index in [2.05, 4.69) is 5.32 Å². The van der Waals surface area contributed by atoms with E-state index < -0.39 is 22.4 Å². The van der Waals surface area contributed by atoms with E-state index in [4.69, 9.17) is 4.74 Å². The molecule has 0 heterocycles. The van der Waals surface area contributed by atoms with Crippen LogP contribution in [0.5, 0.6) is 11.5 Å². The number of anilines is 1. The summed E-state index contributed by atoms with van der Waals surface area (Å²) < 4.78 is 44.1. The topological polar surface area (TPSA) is 64.4 Å². The Hall–Kier alpha value is -3.55. The molecule has 0 aromatic heterocycles. The van der Waals surface area contributed by atoms with Crippen molar-refractivity contribution < 1.29 is 22.8 Å². The molecule has 0 unspecified atom stereocenters. The zero-order chi connectivity index (χ0) is 20.1. The van der Waals surface area contributed by atoms with Crippen LogP contribution < -0.4 is 10.1 Å². The molecular weight excluding hydrogens is 373 g/mol. The Morgan fingerprint density at radius 2 is 1.61 bits per heavy atom. The molecule has 28 heavy (non-hydrogen) atoms. The Balaban J connectivity index is 1.87. The van der Waals surface area contributed by atoms with Crippen LogP contribution in [0.3, 0.4) is 0 Å². The molecule has 3 rings (SSSR count). The van der Waals surface area contributed by atoms with Crippen LogP contribution in [-0.4, -0.2) is 4.92 Å². The van der Waals surface area contributed by atoms with Crippen molar-refractivity contribution >= 4 is 11.4 Å². The predicted molar refractivity (Wildman–Crippen MR) is 98.4 cm³/mol. The molecule has 0 aliphatic carbocycles. The molecule has 8 heteroatoms. The first-order valence-corrected chi connectivity index (χ1v) is 8.25. The predicted octanol–water partition coefficient (Wildman–Crippen LogP) is 6.02. The number of hydrogen-bond acceptors (Lipinski definition) is 4. The molecule has 5 nitrogen and oxygen atoms in total. The number of ether oxygens (including phenoxy) is 1. The number of para-hydroxylation sites is 2. The number of halogens is 3. The second-order valence-electron chi connectivity index (χ2n) is 5.87. The van der Waals surface area contributed by atoms with Gasteiger partial charge in [0.2, 0.25) is 5.75 Å². The smallest absolute Gasteiger partial charge is 0.416 e. The highest BCUT2D eigenvalue weighted by atomic mass is 19.4. The second-order valence-corrected chi connectivity index (χ2v) is 5.87. The van der Waals surface area contributed by atoms with Gasteiger partial charge in [-0.25, -0.2) is 0 Å². The van der Waals surface area contributed by atoms with E-state index in [-0.39, 0.29) is 5.75 Å². The van der Waals surface area contributed by atoms with Crippen LogP contribution in [0.25, 0.3) is 0 Å². The molecule has 0 saturated carbocycles. The van der Waals surface area contributed by atoms with Gasteiger partial charge in [0.15, 0.2) is 0 Å². The van der Waals surface area contributed by atoms with Crippen molar-refractivity contribution in [2.24, 2.45) is 0 Å². The average molecular weight is 388 g/mol. The Morgan fingerprint density at radius 3 is 2.29 bits per heavy atom. The molecule has 0 fully saturated rings. The van der Waals surface area contributed by atoms with Gasteiger partial charge < -0.3 is 10.1 Å². The van der Waals surface area contributed by atoms with E-state index in [1.165, 1.54) is 0 Å². The van der Waals surface area contributed by atoms with Crippen molar-refractivity contribution in [3.63, 3.8) is 0 Å². The molecule has 3 aromatic carbocycles. The van der Waals surface area contributed by atoms with Crippen molar-refractivity contribution in [3.05, 3.63) is 94.0 Å². The van der Waals surface area contributed by atoms with E-state index >= 15 is 0 Å². The number of benzene rings is 3. The zero-order valence-corrected chi connectivity index (χ0v) is 14.4. The Morgan fingerprint density at radius 1 is 0.929 bits per heavy atom. The monoisotopic (exact) mass is 388 g/mol. The van der Waals surface area contributed by atoms with Crippen LogP contribution in [0.1, 0.15) is 11.1 Å². The van der Waals surface area contributed by atoms with Crippen LogP contribution in [-0.2, 0) is 12.7 Å². The Labute approximate surface area is 158 Å². The third kappa shape index (κ3) is 4.59. The van der Waals surface area contributed by atoms with Gasteiger partial charge >= 0.3 is 11.9 Å². The van der Waals surface area contributed by atoms with E-state index in [1.807, 2.05) is 30.3 Å². The number of nitro groups is 1. The van der Waals surface area contributed by atoms with Gasteiger partial charge in [0.05, 0.1) is 10.5 Å². The minimum atomic E-state index is -4.68. The number of nitrogens with one attached hydrogen (secondary N) is 1. The zero-order valence-electron chi connectivity index (χ0n) is 14.4. The van der Waals surface area contributed by atoms with Crippen LogP contribution in [0.4, 0.5) is 24.5 Å². The van der Waals surface area contributed by atoms with Crippen LogP contribution >= 0.6 is 0 Å². The van der Waals surface area contributed by atoms with E-state index in [0.717, 1.165) is 17.8 Å². The lowest BCUT2D eigenvalue weighted by Gasteiger charge is -2.13. The van der Waals surface area contributed by atoms with Gasteiger partial charge in [-0.2, -0.15) is 13.2 Å². The van der Waals surface area contributed by atoms with Gasteiger partial charge in [-0.05, 0) is 30.3 Å². The van der Waals surface area contributed by atoms with Crippen LogP contribution in [0, 0.1) is 10.1 Å². The minimum Gasteiger partial charge on any atom is -0.450 e. The summed E-state index contributed by atoms with van der Waals surface area (Å²) in [5.41, 5.74) is -0.287. The molecule has 0 saturated heterocycles. The minimum absolute atomic E-state index is 0.259. The van der Waals surface area contributed by atoms with Gasteiger partial charge in [0, 0.05) is 23.9 Å². The maximum atomic E-state index is 12.8. The van der Waals surface area contributed by atoms with Crippen molar-refractivity contribution in [3.8, 4) is 11.5 Å². The fourth-order valence-corrected chi connectivity index (χ4v) is 2.54. The molecule has 1 N–H and O–H groups in total. The quantitative estimate of drug-likeness (QED) is 0.414. The van der Waals surface area contributed by atoms with Gasteiger partial charge in [-0.15, -0.1) is 0 Å². The molecule has 0 amide bonds. The highest BCUT2D eigenvalue weighted by Crippen LogP contribution is 2.38. The van der Waals surface area contributed by atoms with Crippen molar-refractivity contribution in [2.45, 2.75) is 12.7 Å². The summed E-state index contributed by atoms with van der Waals surface area (Å²) in [5, 5.41) is 14.4. The number of nitro benzene ring substituents is 1. The summed E-state index contributed by atoms with van der Waals surface area (Å²) in [7, 11) is 0. The summed E-state index contributed by atoms with van der Waals surface area (Å²) in [5.74, 6) is 0.0546. The lowest BCUT2D eigenvalue weighted by molar-refractivity contribution is -0.385. The molecule has 0 bridgehead atoms. The fourth-order valence-electron chi connectivity index (χ4n) is 2.54. The van der Waals surface area contributed by atoms with E-state index in [0.29, 0.717) is 23.9 Å². The number of rotatable bonds is 6. The summed E-state index contributed by atoms with van der Waals surface area (Å²) in [6, 6.07) is 18.4. The fraction of sp³-hybridized carbons (Fsp3) is 0.100. The van der Waals surface area contributed by atoms with Gasteiger partial charge in [-0.3, -0.25) is 10.1 Å². The average Bonchev–Trinajstić information content (AvgIpc) is 2.67. The molecular formula is C20H15F3N2O3. The van der Waals surface area contributed by atoms with Crippen molar-refractivity contribution in [2.75, 3.05) is 5.32 Å². The van der Waals surface area contributed by atoms with Crippen molar-refractivity contribution in [1.29, 1.82) is 0 Å². The number of nitrogens with zero attached hydrogens (tertiary/aromatic N) is 1. The normalized spacial score (nSPS) is 11.1. The summed E-state index contributed by atoms with van der Waals surface area (Å²) in [4.78, 5) is 10.3. The maximum absolute atomic E-state index is 12.8. The lowest BCUT2D eigenvalue weighted by Crippen LogP contribution is -2.06. The summed E-state index contributed by atoms with van der Waals surface area (Å²) in [6.07, 6.45) is -4.68. The first kappa shape index (κ1) is 19.2. The first-order valence-electron chi connectivity index (χ1n) is 8.25. The van der Waals surface area contributed by atoms with Gasteiger partial charge in [-0.1, -0.05) is 36.4 Å². The molecule has 0 atom stereocenters. The lowest BCUT2D eigenvalue weighted by atomic mass is 10.1. The third-order valence-electron chi connectivity index (χ3n) is 3.93. The molecule has 0 aliphatic heterocycles. The highest BCUT2D eigenvalue weighted by molar-refractivity contribution is 5.52. The Kier molecular flexibility index (Phi) is 5.49. The molecule has 0 radical (unpaired) electrons. The summed E-state index contributed by atoms with van der Waals surface area (Å²) in [6.45, 7) is 0.370. The van der Waals surface area contributed by atoms with E-state index in [1.54, 1.807) is 24.3 Å². The van der Waals surface area contributed by atoms with Gasteiger partial charge in [0.25, 0.3) is 0 Å². The summed E-state index contributed by atoms with van der Waals surface area (Å²) >= 11 is 0.